The van der Waals surface area contributed by atoms with Gasteiger partial charge in [-0.3, -0.25) is 4.79 Å². The van der Waals surface area contributed by atoms with Crippen LogP contribution in [0.3, 0.4) is 0 Å². The Morgan fingerprint density at radius 2 is 2.00 bits per heavy atom. The SMILES string of the molecule is Cc1nc(CCC(=O)NC2(CN)CCCC2)oc1-c1ccccc1. The van der Waals surface area contributed by atoms with E-state index < -0.39 is 0 Å². The monoisotopic (exact) mass is 327 g/mol. The van der Waals surface area contributed by atoms with Gasteiger partial charge in [0.1, 0.15) is 0 Å². The van der Waals surface area contributed by atoms with E-state index in [1.54, 1.807) is 0 Å². The van der Waals surface area contributed by atoms with E-state index in [1.807, 2.05) is 37.3 Å². The van der Waals surface area contributed by atoms with Gasteiger partial charge in [-0.25, -0.2) is 4.98 Å². The number of hydrogen-bond donors (Lipinski definition) is 2. The third-order valence-corrected chi connectivity index (χ3v) is 4.80. The highest BCUT2D eigenvalue weighted by molar-refractivity contribution is 5.77. The molecule has 5 heteroatoms. The van der Waals surface area contributed by atoms with Crippen molar-refractivity contribution in [3.8, 4) is 11.3 Å². The van der Waals surface area contributed by atoms with Crippen molar-refractivity contribution in [1.82, 2.24) is 10.3 Å². The van der Waals surface area contributed by atoms with Gasteiger partial charge in [0.15, 0.2) is 11.7 Å². The van der Waals surface area contributed by atoms with E-state index in [4.69, 9.17) is 10.2 Å². The molecular formula is C19H25N3O2. The molecule has 128 valence electrons. The predicted molar refractivity (Wildman–Crippen MR) is 93.4 cm³/mol. The van der Waals surface area contributed by atoms with Crippen LogP contribution >= 0.6 is 0 Å². The summed E-state index contributed by atoms with van der Waals surface area (Å²) >= 11 is 0. The van der Waals surface area contributed by atoms with Crippen LogP contribution in [0.4, 0.5) is 0 Å². The number of nitrogens with two attached hydrogens (primary N) is 1. The van der Waals surface area contributed by atoms with Crippen LogP contribution in [0.15, 0.2) is 34.7 Å². The fourth-order valence-electron chi connectivity index (χ4n) is 3.43. The first-order valence-corrected chi connectivity index (χ1v) is 8.65. The minimum atomic E-state index is -0.196. The third-order valence-electron chi connectivity index (χ3n) is 4.80. The quantitative estimate of drug-likeness (QED) is 0.854. The summed E-state index contributed by atoms with van der Waals surface area (Å²) in [7, 11) is 0. The molecule has 1 aliphatic rings. The zero-order valence-corrected chi connectivity index (χ0v) is 14.2. The molecule has 3 N–H and O–H groups in total. The average molecular weight is 327 g/mol. The first-order chi connectivity index (χ1) is 11.6. The van der Waals surface area contributed by atoms with Gasteiger partial charge in [0.05, 0.1) is 11.2 Å². The smallest absolute Gasteiger partial charge is 0.220 e. The Labute approximate surface area is 142 Å². The lowest BCUT2D eigenvalue weighted by Gasteiger charge is -2.28. The lowest BCUT2D eigenvalue weighted by Crippen LogP contribution is -2.51. The number of oxazole rings is 1. The summed E-state index contributed by atoms with van der Waals surface area (Å²) in [5.74, 6) is 1.41. The van der Waals surface area contributed by atoms with Crippen molar-refractivity contribution in [2.75, 3.05) is 6.54 Å². The van der Waals surface area contributed by atoms with E-state index in [1.165, 1.54) is 0 Å². The maximum absolute atomic E-state index is 12.3. The standard InChI is InChI=1S/C19H25N3O2/c1-14-18(15-7-3-2-4-8-15)24-17(21-14)10-9-16(23)22-19(13-20)11-5-6-12-19/h2-4,7-8H,5-6,9-13,20H2,1H3,(H,22,23). The molecule has 0 atom stereocenters. The van der Waals surface area contributed by atoms with E-state index >= 15 is 0 Å². The van der Waals surface area contributed by atoms with E-state index in [2.05, 4.69) is 10.3 Å². The highest BCUT2D eigenvalue weighted by Gasteiger charge is 2.33. The molecule has 1 heterocycles. The first kappa shape index (κ1) is 16.7. The van der Waals surface area contributed by atoms with E-state index in [9.17, 15) is 4.79 Å². The van der Waals surface area contributed by atoms with Gasteiger partial charge in [0, 0.05) is 24.9 Å². The molecule has 1 aromatic carbocycles. The summed E-state index contributed by atoms with van der Waals surface area (Å²) in [5, 5.41) is 3.13. The number of amides is 1. The molecule has 1 aliphatic carbocycles. The van der Waals surface area contributed by atoms with Crippen LogP contribution < -0.4 is 11.1 Å². The molecule has 0 unspecified atom stereocenters. The Morgan fingerprint density at radius 1 is 1.29 bits per heavy atom. The second-order valence-electron chi connectivity index (χ2n) is 6.63. The van der Waals surface area contributed by atoms with Crippen molar-refractivity contribution in [3.63, 3.8) is 0 Å². The second kappa shape index (κ2) is 7.18. The lowest BCUT2D eigenvalue weighted by molar-refractivity contribution is -0.122. The summed E-state index contributed by atoms with van der Waals surface area (Å²) in [6.45, 7) is 2.44. The molecule has 1 amide bonds. The Balaban J connectivity index is 1.60. The zero-order chi connectivity index (χ0) is 17.0. The molecule has 1 aromatic heterocycles. The van der Waals surface area contributed by atoms with Crippen molar-refractivity contribution < 1.29 is 9.21 Å². The molecular weight excluding hydrogens is 302 g/mol. The topological polar surface area (TPSA) is 81.2 Å². The largest absolute Gasteiger partial charge is 0.440 e. The fraction of sp³-hybridized carbons (Fsp3) is 0.474. The predicted octanol–water partition coefficient (Wildman–Crippen LogP) is 2.97. The average Bonchev–Trinajstić information content (AvgIpc) is 3.21. The van der Waals surface area contributed by atoms with Gasteiger partial charge in [0.25, 0.3) is 0 Å². The summed E-state index contributed by atoms with van der Waals surface area (Å²) in [5.41, 5.74) is 7.53. The van der Waals surface area contributed by atoms with Gasteiger partial charge >= 0.3 is 0 Å². The second-order valence-corrected chi connectivity index (χ2v) is 6.63. The molecule has 24 heavy (non-hydrogen) atoms. The Morgan fingerprint density at radius 3 is 2.67 bits per heavy atom. The van der Waals surface area contributed by atoms with Crippen molar-refractivity contribution in [3.05, 3.63) is 41.9 Å². The summed E-state index contributed by atoms with van der Waals surface area (Å²) in [4.78, 5) is 16.7. The molecule has 0 bridgehead atoms. The van der Waals surface area contributed by atoms with Gasteiger partial charge in [-0.15, -0.1) is 0 Å². The number of aromatic nitrogens is 1. The van der Waals surface area contributed by atoms with Gasteiger partial charge in [-0.1, -0.05) is 43.2 Å². The fourth-order valence-corrected chi connectivity index (χ4v) is 3.43. The van der Waals surface area contributed by atoms with Crippen molar-refractivity contribution in [1.29, 1.82) is 0 Å². The van der Waals surface area contributed by atoms with Crippen LogP contribution in [-0.4, -0.2) is 23.0 Å². The Kier molecular flexibility index (Phi) is 5.00. The number of carbonyl (C=O) groups is 1. The van der Waals surface area contributed by atoms with E-state index in [0.717, 1.165) is 42.7 Å². The number of aryl methyl sites for hydroxylation is 2. The number of rotatable bonds is 6. The molecule has 1 fully saturated rings. The molecule has 3 rings (SSSR count). The normalized spacial score (nSPS) is 16.2. The molecule has 1 saturated carbocycles. The molecule has 0 aliphatic heterocycles. The minimum Gasteiger partial charge on any atom is -0.440 e. The van der Waals surface area contributed by atoms with Crippen molar-refractivity contribution >= 4 is 5.91 Å². The minimum absolute atomic E-state index is 0.0273. The number of hydrogen-bond acceptors (Lipinski definition) is 4. The Bertz CT molecular complexity index is 688. The van der Waals surface area contributed by atoms with Crippen LogP contribution in [0.1, 0.15) is 43.7 Å². The summed E-state index contributed by atoms with van der Waals surface area (Å²) < 4.78 is 5.86. The van der Waals surface area contributed by atoms with Crippen LogP contribution in [0.2, 0.25) is 0 Å². The number of benzene rings is 1. The maximum Gasteiger partial charge on any atom is 0.220 e. The number of carbonyl (C=O) groups excluding carboxylic acids is 1. The molecule has 0 radical (unpaired) electrons. The third kappa shape index (κ3) is 3.67. The van der Waals surface area contributed by atoms with Gasteiger partial charge < -0.3 is 15.5 Å². The molecule has 5 nitrogen and oxygen atoms in total. The van der Waals surface area contributed by atoms with Crippen LogP contribution in [0.5, 0.6) is 0 Å². The van der Waals surface area contributed by atoms with Crippen LogP contribution in [-0.2, 0) is 11.2 Å². The van der Waals surface area contributed by atoms with Crippen LogP contribution in [0, 0.1) is 6.92 Å². The van der Waals surface area contributed by atoms with Crippen molar-refractivity contribution in [2.24, 2.45) is 5.73 Å². The number of nitrogens with one attached hydrogen (secondary N) is 1. The maximum atomic E-state index is 12.3. The van der Waals surface area contributed by atoms with E-state index in [-0.39, 0.29) is 11.4 Å². The van der Waals surface area contributed by atoms with Gasteiger partial charge in [-0.05, 0) is 19.8 Å². The van der Waals surface area contributed by atoms with E-state index in [0.29, 0.717) is 25.3 Å². The Hall–Kier alpha value is -2.14. The highest BCUT2D eigenvalue weighted by atomic mass is 16.4. The first-order valence-electron chi connectivity index (χ1n) is 8.65. The molecule has 0 spiro atoms. The highest BCUT2D eigenvalue weighted by Crippen LogP contribution is 2.29. The molecule has 2 aromatic rings. The lowest BCUT2D eigenvalue weighted by atomic mass is 9.97. The van der Waals surface area contributed by atoms with Gasteiger partial charge in [0.2, 0.25) is 5.91 Å². The summed E-state index contributed by atoms with van der Waals surface area (Å²) in [6.07, 6.45) is 5.10. The molecule has 0 saturated heterocycles. The number of nitrogens with zero attached hydrogens (tertiary/aromatic N) is 1. The van der Waals surface area contributed by atoms with Gasteiger partial charge in [-0.2, -0.15) is 0 Å². The van der Waals surface area contributed by atoms with Crippen molar-refractivity contribution in [2.45, 2.75) is 51.0 Å². The summed E-state index contributed by atoms with van der Waals surface area (Å²) in [6, 6.07) is 9.90. The zero-order valence-electron chi connectivity index (χ0n) is 14.2. The van der Waals surface area contributed by atoms with Crippen LogP contribution in [0.25, 0.3) is 11.3 Å².